The Hall–Kier alpha value is -2.96. The van der Waals surface area contributed by atoms with Gasteiger partial charge in [-0.2, -0.15) is 0 Å². The second-order valence-electron chi connectivity index (χ2n) is 7.32. The number of nitrogens with zero attached hydrogens (tertiary/aromatic N) is 1. The highest BCUT2D eigenvalue weighted by atomic mass is 16.5. The fourth-order valence-electron chi connectivity index (χ4n) is 4.45. The largest absolute Gasteiger partial charge is 0.475 e. The van der Waals surface area contributed by atoms with E-state index in [2.05, 4.69) is 0 Å². The lowest BCUT2D eigenvalue weighted by Crippen LogP contribution is -2.49. The van der Waals surface area contributed by atoms with E-state index in [1.165, 1.54) is 6.92 Å². The minimum absolute atomic E-state index is 0.105. The SMILES string of the molecule is CCOC(=O)C1C2=C(CCCC2=O)OC12C(=O)N(C(C)=O)c1ccc(C)cc12. The summed E-state index contributed by atoms with van der Waals surface area (Å²) in [4.78, 5) is 52.5. The van der Waals surface area contributed by atoms with Crippen LogP contribution in [-0.2, 0) is 34.3 Å². The summed E-state index contributed by atoms with van der Waals surface area (Å²) in [6.07, 6.45) is 1.35. The zero-order valence-corrected chi connectivity index (χ0v) is 16.0. The maximum Gasteiger partial charge on any atom is 0.318 e. The highest BCUT2D eigenvalue weighted by Gasteiger charge is 2.67. The number of aryl methyl sites for hydroxylation is 1. The van der Waals surface area contributed by atoms with E-state index in [4.69, 9.17) is 9.47 Å². The minimum Gasteiger partial charge on any atom is -0.475 e. The molecule has 1 aliphatic carbocycles. The molecular formula is C21H21NO6. The lowest BCUT2D eigenvalue weighted by molar-refractivity contribution is -0.161. The Labute approximate surface area is 162 Å². The summed E-state index contributed by atoms with van der Waals surface area (Å²) in [5.41, 5.74) is 0.0940. The van der Waals surface area contributed by atoms with Crippen LogP contribution in [0.1, 0.15) is 44.2 Å². The van der Waals surface area contributed by atoms with Crippen LogP contribution in [0.15, 0.2) is 29.5 Å². The van der Waals surface area contributed by atoms with E-state index in [0.717, 1.165) is 10.5 Å². The number of Topliss-reactive ketones (excluding diaryl/α,β-unsaturated/α-hetero) is 1. The number of allylic oxidation sites excluding steroid dienone is 1. The molecule has 1 aromatic carbocycles. The predicted octanol–water partition coefficient (Wildman–Crippen LogP) is 2.30. The second kappa shape index (κ2) is 6.29. The summed E-state index contributed by atoms with van der Waals surface area (Å²) in [5.74, 6) is -2.88. The molecule has 28 heavy (non-hydrogen) atoms. The van der Waals surface area contributed by atoms with E-state index >= 15 is 0 Å². The van der Waals surface area contributed by atoms with Crippen LogP contribution >= 0.6 is 0 Å². The lowest BCUT2D eigenvalue weighted by Gasteiger charge is -2.29. The van der Waals surface area contributed by atoms with Gasteiger partial charge < -0.3 is 9.47 Å². The number of rotatable bonds is 2. The average molecular weight is 383 g/mol. The van der Waals surface area contributed by atoms with Gasteiger partial charge in [0.15, 0.2) is 5.78 Å². The van der Waals surface area contributed by atoms with Gasteiger partial charge in [0.25, 0.3) is 5.91 Å². The Morgan fingerprint density at radius 2 is 2.04 bits per heavy atom. The smallest absolute Gasteiger partial charge is 0.318 e. The molecule has 2 atom stereocenters. The van der Waals surface area contributed by atoms with Crippen LogP contribution in [0.25, 0.3) is 0 Å². The fourth-order valence-corrected chi connectivity index (χ4v) is 4.45. The molecule has 2 unspecified atom stereocenters. The average Bonchev–Trinajstić information content (AvgIpc) is 3.11. The van der Waals surface area contributed by atoms with Gasteiger partial charge in [-0.3, -0.25) is 19.2 Å². The van der Waals surface area contributed by atoms with Gasteiger partial charge in [-0.05, 0) is 32.4 Å². The van der Waals surface area contributed by atoms with Crippen molar-refractivity contribution in [2.75, 3.05) is 11.5 Å². The van der Waals surface area contributed by atoms with Crippen molar-refractivity contribution in [3.8, 4) is 0 Å². The van der Waals surface area contributed by atoms with Crippen molar-refractivity contribution in [2.24, 2.45) is 5.92 Å². The van der Waals surface area contributed by atoms with Gasteiger partial charge in [0, 0.05) is 25.3 Å². The van der Waals surface area contributed by atoms with E-state index in [9.17, 15) is 19.2 Å². The van der Waals surface area contributed by atoms with Crippen molar-refractivity contribution >= 4 is 29.3 Å². The maximum absolute atomic E-state index is 13.5. The molecule has 0 fully saturated rings. The first-order valence-electron chi connectivity index (χ1n) is 9.41. The molecule has 2 heterocycles. The van der Waals surface area contributed by atoms with E-state index in [-0.39, 0.29) is 18.0 Å². The molecule has 0 radical (unpaired) electrons. The molecule has 7 heteroatoms. The van der Waals surface area contributed by atoms with Crippen molar-refractivity contribution < 1.29 is 28.7 Å². The highest BCUT2D eigenvalue weighted by Crippen LogP contribution is 2.57. The zero-order valence-electron chi connectivity index (χ0n) is 16.0. The highest BCUT2D eigenvalue weighted by molar-refractivity contribution is 6.24. The van der Waals surface area contributed by atoms with E-state index < -0.39 is 29.3 Å². The Balaban J connectivity index is 1.98. The molecule has 146 valence electrons. The number of hydrogen-bond acceptors (Lipinski definition) is 6. The summed E-state index contributed by atoms with van der Waals surface area (Å²) < 4.78 is 11.4. The van der Waals surface area contributed by atoms with Gasteiger partial charge in [0.2, 0.25) is 11.5 Å². The third-order valence-electron chi connectivity index (χ3n) is 5.54. The van der Waals surface area contributed by atoms with Crippen LogP contribution in [0.2, 0.25) is 0 Å². The number of anilines is 1. The maximum atomic E-state index is 13.5. The first-order valence-corrected chi connectivity index (χ1v) is 9.41. The molecule has 0 bridgehead atoms. The van der Waals surface area contributed by atoms with E-state index in [1.54, 1.807) is 25.1 Å². The van der Waals surface area contributed by atoms with E-state index in [0.29, 0.717) is 36.3 Å². The molecule has 4 rings (SSSR count). The third-order valence-corrected chi connectivity index (χ3v) is 5.54. The fraction of sp³-hybridized carbons (Fsp3) is 0.429. The van der Waals surface area contributed by atoms with Crippen LogP contribution in [-0.4, -0.2) is 30.2 Å². The lowest BCUT2D eigenvalue weighted by atomic mass is 9.76. The molecule has 2 aliphatic heterocycles. The van der Waals surface area contributed by atoms with Gasteiger partial charge in [0.05, 0.1) is 17.9 Å². The Morgan fingerprint density at radius 1 is 1.29 bits per heavy atom. The Morgan fingerprint density at radius 3 is 2.71 bits per heavy atom. The van der Waals surface area contributed by atoms with Crippen LogP contribution < -0.4 is 4.90 Å². The van der Waals surface area contributed by atoms with Crippen LogP contribution in [0.3, 0.4) is 0 Å². The molecule has 2 amide bonds. The Bertz CT molecular complexity index is 962. The molecule has 3 aliphatic rings. The molecule has 0 saturated carbocycles. The number of hydrogen-bond donors (Lipinski definition) is 0. The summed E-state index contributed by atoms with van der Waals surface area (Å²) >= 11 is 0. The second-order valence-corrected chi connectivity index (χ2v) is 7.32. The molecule has 1 spiro atoms. The van der Waals surface area contributed by atoms with Gasteiger partial charge in [-0.25, -0.2) is 4.90 Å². The van der Waals surface area contributed by atoms with Gasteiger partial charge in [-0.15, -0.1) is 0 Å². The quantitative estimate of drug-likeness (QED) is 0.728. The van der Waals surface area contributed by atoms with Crippen molar-refractivity contribution in [3.05, 3.63) is 40.7 Å². The predicted molar refractivity (Wildman–Crippen MR) is 98.1 cm³/mol. The topological polar surface area (TPSA) is 90.0 Å². The number of ether oxygens (including phenoxy) is 2. The molecular weight excluding hydrogens is 362 g/mol. The van der Waals surface area contributed by atoms with E-state index in [1.807, 2.05) is 6.92 Å². The standard InChI is InChI=1S/C21H21NO6/c1-4-27-19(25)18-17-15(24)6-5-7-16(17)28-21(18)13-10-11(2)8-9-14(13)22(12(3)23)20(21)26/h8-10,18H,4-7H2,1-3H3. The monoisotopic (exact) mass is 383 g/mol. The third kappa shape index (κ3) is 2.28. The van der Waals surface area contributed by atoms with Crippen LogP contribution in [0.4, 0.5) is 5.69 Å². The first-order chi connectivity index (χ1) is 13.3. The normalized spacial score (nSPS) is 25.7. The number of fused-ring (bicyclic) bond motifs is 2. The number of carbonyl (C=O) groups is 4. The number of benzene rings is 1. The number of imide groups is 1. The molecule has 0 saturated heterocycles. The summed E-state index contributed by atoms with van der Waals surface area (Å²) in [5, 5.41) is 0. The zero-order chi connectivity index (χ0) is 20.2. The van der Waals surface area contributed by atoms with Gasteiger partial charge >= 0.3 is 5.97 Å². The first kappa shape index (κ1) is 18.4. The summed E-state index contributed by atoms with van der Waals surface area (Å²) in [6, 6.07) is 5.20. The number of esters is 1. The summed E-state index contributed by atoms with van der Waals surface area (Å²) in [7, 11) is 0. The molecule has 0 N–H and O–H groups in total. The molecule has 0 aromatic heterocycles. The van der Waals surface area contributed by atoms with Crippen molar-refractivity contribution in [1.82, 2.24) is 0 Å². The number of ketones is 1. The molecule has 1 aromatic rings. The summed E-state index contributed by atoms with van der Waals surface area (Å²) in [6.45, 7) is 4.90. The number of amides is 2. The van der Waals surface area contributed by atoms with Crippen LogP contribution in [0, 0.1) is 12.8 Å². The number of carbonyl (C=O) groups excluding carboxylic acids is 4. The van der Waals surface area contributed by atoms with Crippen molar-refractivity contribution in [3.63, 3.8) is 0 Å². The Kier molecular flexibility index (Phi) is 4.14. The van der Waals surface area contributed by atoms with Crippen molar-refractivity contribution in [1.29, 1.82) is 0 Å². The minimum atomic E-state index is -1.77. The van der Waals surface area contributed by atoms with Crippen LogP contribution in [0.5, 0.6) is 0 Å². The van der Waals surface area contributed by atoms with Gasteiger partial charge in [-0.1, -0.05) is 11.6 Å². The van der Waals surface area contributed by atoms with Gasteiger partial charge in [0.1, 0.15) is 11.7 Å². The van der Waals surface area contributed by atoms with Crippen molar-refractivity contribution in [2.45, 2.75) is 45.6 Å². The molecule has 7 nitrogen and oxygen atoms in total.